The third kappa shape index (κ3) is 9.08. The maximum atomic E-state index is 12.6. The Morgan fingerprint density at radius 3 is 1.87 bits per heavy atom. The molecule has 0 bridgehead atoms. The fraction of sp³-hybridized carbons (Fsp3) is 0.340. The molecule has 6 heteroatoms. The first-order valence-electron chi connectivity index (χ1n) is 18.3. The van der Waals surface area contributed by atoms with Crippen molar-refractivity contribution in [3.8, 4) is 34.9 Å². The van der Waals surface area contributed by atoms with Crippen LogP contribution in [-0.2, 0) is 4.74 Å². The zero-order valence-corrected chi connectivity index (χ0v) is 32.7. The molecule has 4 aromatic carbocycles. The second-order valence-corrected chi connectivity index (χ2v) is 17.2. The van der Waals surface area contributed by atoms with Gasteiger partial charge in [0.05, 0.1) is 17.9 Å². The van der Waals surface area contributed by atoms with E-state index >= 15 is 0 Å². The van der Waals surface area contributed by atoms with E-state index in [1.54, 1.807) is 0 Å². The number of H-pyrrole nitrogens is 1. The van der Waals surface area contributed by atoms with Gasteiger partial charge in [0.25, 0.3) is 0 Å². The Hall–Kier alpha value is -5.59. The molecule has 6 nitrogen and oxygen atoms in total. The first-order chi connectivity index (χ1) is 24.9. The van der Waals surface area contributed by atoms with Crippen molar-refractivity contribution in [1.29, 1.82) is 0 Å². The van der Waals surface area contributed by atoms with Crippen LogP contribution >= 0.6 is 0 Å². The summed E-state index contributed by atoms with van der Waals surface area (Å²) in [6, 6.07) is 25.1. The van der Waals surface area contributed by atoms with E-state index in [4.69, 9.17) is 9.73 Å². The van der Waals surface area contributed by atoms with Gasteiger partial charge in [-0.25, -0.2) is 9.78 Å². The molecule has 1 aliphatic rings. The van der Waals surface area contributed by atoms with Crippen LogP contribution < -0.4 is 5.32 Å². The molecule has 0 radical (unpaired) electrons. The monoisotopic (exact) mass is 702 g/mol. The molecule has 270 valence electrons. The molecule has 2 N–H and O–H groups in total. The van der Waals surface area contributed by atoms with Crippen molar-refractivity contribution >= 4 is 38.9 Å². The van der Waals surface area contributed by atoms with Crippen molar-refractivity contribution in [1.82, 2.24) is 15.3 Å². The topological polar surface area (TPSA) is 79.4 Å². The van der Waals surface area contributed by atoms with Gasteiger partial charge >= 0.3 is 6.09 Å². The Kier molecular flexibility index (Phi) is 10.1. The van der Waals surface area contributed by atoms with E-state index in [9.17, 15) is 4.79 Å². The van der Waals surface area contributed by atoms with Gasteiger partial charge in [-0.3, -0.25) is 4.99 Å². The number of fused-ring (bicyclic) bond motifs is 2. The molecular formula is C47H50N4O2. The second kappa shape index (κ2) is 14.4. The number of benzene rings is 4. The van der Waals surface area contributed by atoms with Crippen LogP contribution in [0.2, 0.25) is 0 Å². The average molecular weight is 703 g/mol. The average Bonchev–Trinajstić information content (AvgIpc) is 3.78. The number of aromatic amines is 1. The normalized spacial score (nSPS) is 14.4. The molecule has 0 spiro atoms. The number of carbonyl (C=O) groups is 1. The summed E-state index contributed by atoms with van der Waals surface area (Å²) in [5.74, 6) is 13.8. The van der Waals surface area contributed by atoms with Crippen LogP contribution in [0.15, 0.2) is 90.2 Å². The van der Waals surface area contributed by atoms with E-state index in [1.807, 2.05) is 45.3 Å². The maximum Gasteiger partial charge on any atom is 0.408 e. The van der Waals surface area contributed by atoms with E-state index in [2.05, 4.69) is 148 Å². The highest BCUT2D eigenvalue weighted by Gasteiger charge is 2.34. The molecule has 53 heavy (non-hydrogen) atoms. The minimum atomic E-state index is -0.570. The molecule has 2 atom stereocenters. The third-order valence-corrected chi connectivity index (χ3v) is 9.76. The van der Waals surface area contributed by atoms with Crippen LogP contribution in [0, 0.1) is 34.5 Å². The smallest absolute Gasteiger partial charge is 0.408 e. The van der Waals surface area contributed by atoms with Crippen molar-refractivity contribution < 1.29 is 9.53 Å². The van der Waals surface area contributed by atoms with Gasteiger partial charge in [0, 0.05) is 40.9 Å². The lowest BCUT2D eigenvalue weighted by molar-refractivity contribution is 0.0491. The largest absolute Gasteiger partial charge is 0.444 e. The summed E-state index contributed by atoms with van der Waals surface area (Å²) in [4.78, 5) is 25.6. The van der Waals surface area contributed by atoms with Crippen molar-refractivity contribution in [2.24, 2.45) is 15.8 Å². The predicted octanol–water partition coefficient (Wildman–Crippen LogP) is 11.1. The number of hydrogen-bond acceptors (Lipinski definition) is 4. The molecule has 2 heterocycles. The number of imidazole rings is 1. The van der Waals surface area contributed by atoms with Crippen molar-refractivity contribution in [2.75, 3.05) is 0 Å². The van der Waals surface area contributed by atoms with E-state index in [1.165, 1.54) is 0 Å². The van der Waals surface area contributed by atoms with Crippen LogP contribution in [0.1, 0.15) is 104 Å². The molecule has 5 aromatic rings. The Labute approximate surface area is 314 Å². The van der Waals surface area contributed by atoms with E-state index in [-0.39, 0.29) is 16.9 Å². The Morgan fingerprint density at radius 2 is 1.30 bits per heavy atom. The van der Waals surface area contributed by atoms with Crippen LogP contribution in [0.3, 0.4) is 0 Å². The zero-order chi connectivity index (χ0) is 38.1. The lowest BCUT2D eigenvalue weighted by Crippen LogP contribution is -2.50. The third-order valence-electron chi connectivity index (χ3n) is 9.76. The predicted molar refractivity (Wildman–Crippen MR) is 220 cm³/mol. The van der Waals surface area contributed by atoms with Gasteiger partial charge in [-0.15, -0.1) is 0 Å². The van der Waals surface area contributed by atoms with Crippen molar-refractivity contribution in [3.63, 3.8) is 0 Å². The van der Waals surface area contributed by atoms with E-state index < -0.39 is 11.7 Å². The quantitative estimate of drug-likeness (QED) is 0.179. The van der Waals surface area contributed by atoms with E-state index in [0.717, 1.165) is 66.6 Å². The van der Waals surface area contributed by atoms with Gasteiger partial charge in [0.2, 0.25) is 0 Å². The SMILES string of the molecule is C[C@H](c1ncc(-c2ccc3cc(C#CC#Cc4ccc5cc(C6=CN=C([C@@H](NC(=O)OC(C)(C)C)C(C)(C)C)C6)ccc5c4)ccc3c2)[nH]1)C(C)(C)C. The number of aliphatic imine (C=N–C) groups is 1. The highest BCUT2D eigenvalue weighted by Crippen LogP contribution is 2.35. The van der Waals surface area contributed by atoms with Gasteiger partial charge in [0.1, 0.15) is 11.4 Å². The van der Waals surface area contributed by atoms with Gasteiger partial charge < -0.3 is 15.0 Å². The summed E-state index contributed by atoms with van der Waals surface area (Å²) >= 11 is 0. The lowest BCUT2D eigenvalue weighted by Gasteiger charge is -2.32. The first-order valence-corrected chi connectivity index (χ1v) is 18.3. The molecule has 0 saturated carbocycles. The summed E-state index contributed by atoms with van der Waals surface area (Å²) in [6.07, 6.45) is 4.08. The number of rotatable bonds is 5. The van der Waals surface area contributed by atoms with Gasteiger partial charge in [0.15, 0.2) is 0 Å². The van der Waals surface area contributed by atoms with Crippen molar-refractivity contribution in [3.05, 3.63) is 108 Å². The lowest BCUT2D eigenvalue weighted by atomic mass is 9.82. The molecule has 1 aromatic heterocycles. The summed E-state index contributed by atoms with van der Waals surface area (Å²) in [5, 5.41) is 7.58. The minimum Gasteiger partial charge on any atom is -0.444 e. The van der Waals surface area contributed by atoms with Gasteiger partial charge in [-0.05, 0) is 113 Å². The minimum absolute atomic E-state index is 0.138. The maximum absolute atomic E-state index is 12.6. The fourth-order valence-corrected chi connectivity index (χ4v) is 6.36. The summed E-state index contributed by atoms with van der Waals surface area (Å²) in [7, 11) is 0. The zero-order valence-electron chi connectivity index (χ0n) is 32.7. The number of aromatic nitrogens is 2. The number of alkyl carbamates (subject to hydrolysis) is 1. The number of amides is 1. The fourth-order valence-electron chi connectivity index (χ4n) is 6.36. The van der Waals surface area contributed by atoms with Crippen LogP contribution in [0.25, 0.3) is 38.4 Å². The number of carbonyl (C=O) groups excluding carboxylic acids is 1. The van der Waals surface area contributed by atoms with Gasteiger partial charge in [-0.2, -0.15) is 0 Å². The number of ether oxygens (including phenoxy) is 1. The Balaban J connectivity index is 1.10. The molecule has 0 aliphatic carbocycles. The molecule has 6 rings (SSSR count). The molecular weight excluding hydrogens is 653 g/mol. The summed E-state index contributed by atoms with van der Waals surface area (Å²) < 4.78 is 5.54. The van der Waals surface area contributed by atoms with Gasteiger partial charge in [-0.1, -0.05) is 96.7 Å². The van der Waals surface area contributed by atoms with Crippen LogP contribution in [0.5, 0.6) is 0 Å². The van der Waals surface area contributed by atoms with Crippen LogP contribution in [0.4, 0.5) is 4.79 Å². The summed E-state index contributed by atoms with van der Waals surface area (Å²) in [6.45, 7) is 20.8. The Bertz CT molecular complexity index is 2380. The van der Waals surface area contributed by atoms with Crippen LogP contribution in [-0.4, -0.2) is 33.4 Å². The molecule has 0 unspecified atom stereocenters. The number of hydrogen-bond donors (Lipinski definition) is 2. The highest BCUT2D eigenvalue weighted by molar-refractivity contribution is 6.04. The highest BCUT2D eigenvalue weighted by atomic mass is 16.6. The summed E-state index contributed by atoms with van der Waals surface area (Å²) in [5.41, 5.74) is 6.47. The molecule has 0 fully saturated rings. The number of nitrogens with one attached hydrogen (secondary N) is 2. The first kappa shape index (κ1) is 37.2. The standard InChI is InChI=1S/C47H50N4O2/c1-30(45(2,3)4)43-49-29-41(50-43)38-22-21-34-24-32(16-18-36(34)26-38)14-12-11-13-31-15-17-35-25-37(20-19-33(35)23-31)39-27-40(48-28-39)42(46(5,6)7)51-44(52)53-47(8,9)10/h15-26,28-30,42H,27H2,1-10H3,(H,49,50)(H,51,52)/t30-,42-/m1/s1. The molecule has 1 amide bonds. The second-order valence-electron chi connectivity index (χ2n) is 17.2. The number of allylic oxidation sites excluding steroid dienone is 1. The van der Waals surface area contributed by atoms with E-state index in [0.29, 0.717) is 12.3 Å². The molecule has 1 aliphatic heterocycles. The Morgan fingerprint density at radius 1 is 0.755 bits per heavy atom. The number of nitrogens with zero attached hydrogens (tertiary/aromatic N) is 2. The molecule has 0 saturated heterocycles. The van der Waals surface area contributed by atoms with Crippen molar-refractivity contribution in [2.45, 2.75) is 93.2 Å².